The molecule has 8 nitrogen and oxygen atoms in total. The van der Waals surface area contributed by atoms with E-state index in [0.717, 1.165) is 29.8 Å². The molecule has 0 atom stereocenters. The minimum absolute atomic E-state index is 0.245. The van der Waals surface area contributed by atoms with Crippen LogP contribution in [0.2, 0.25) is 0 Å². The molecule has 0 spiro atoms. The van der Waals surface area contributed by atoms with Crippen molar-refractivity contribution in [3.8, 4) is 17.2 Å². The van der Waals surface area contributed by atoms with Crippen LogP contribution in [0.25, 0.3) is 17.2 Å². The first kappa shape index (κ1) is 30.6. The predicted molar refractivity (Wildman–Crippen MR) is 167 cm³/mol. The lowest BCUT2D eigenvalue weighted by molar-refractivity contribution is -0.0232. The summed E-state index contributed by atoms with van der Waals surface area (Å²) in [7, 11) is 0. The third-order valence-electron chi connectivity index (χ3n) is 9.62. The maximum absolute atomic E-state index is 14.8. The number of aromatic amines is 1. The van der Waals surface area contributed by atoms with Crippen LogP contribution in [-0.4, -0.2) is 40.0 Å². The molecule has 1 N–H and O–H groups in total. The summed E-state index contributed by atoms with van der Waals surface area (Å²) >= 11 is 0. The molecule has 0 aliphatic heterocycles. The van der Waals surface area contributed by atoms with Gasteiger partial charge in [0.15, 0.2) is 5.82 Å². The maximum atomic E-state index is 14.8. The van der Waals surface area contributed by atoms with Crippen molar-refractivity contribution in [2.45, 2.75) is 134 Å². The van der Waals surface area contributed by atoms with E-state index in [1.165, 1.54) is 75.5 Å². The van der Waals surface area contributed by atoms with Gasteiger partial charge in [0, 0.05) is 24.2 Å². The number of tetrazole rings is 1. The molecule has 3 heterocycles. The summed E-state index contributed by atoms with van der Waals surface area (Å²) in [5.41, 5.74) is 5.87. The van der Waals surface area contributed by atoms with Crippen molar-refractivity contribution in [2.75, 3.05) is 0 Å². The van der Waals surface area contributed by atoms with Crippen molar-refractivity contribution in [2.24, 2.45) is 0 Å². The van der Waals surface area contributed by atoms with E-state index in [1.54, 1.807) is 11.6 Å². The Morgan fingerprint density at radius 1 is 0.909 bits per heavy atom. The molecule has 2 fully saturated rings. The van der Waals surface area contributed by atoms with Crippen LogP contribution in [-0.2, 0) is 18.9 Å². The van der Waals surface area contributed by atoms with Crippen LogP contribution in [0.1, 0.15) is 144 Å². The molecule has 1 aromatic carbocycles. The van der Waals surface area contributed by atoms with E-state index in [0.29, 0.717) is 42.9 Å². The summed E-state index contributed by atoms with van der Waals surface area (Å²) < 4.78 is 33.6. The quantitative estimate of drug-likeness (QED) is 0.175. The topological polar surface area (TPSA) is 90.1 Å². The second-order valence-electron chi connectivity index (χ2n) is 12.9. The van der Waals surface area contributed by atoms with Crippen LogP contribution in [0.5, 0.6) is 0 Å². The number of benzene rings is 1. The number of aryl methyl sites for hydroxylation is 1. The van der Waals surface area contributed by atoms with Gasteiger partial charge in [-0.1, -0.05) is 70.9 Å². The highest BCUT2D eigenvalue weighted by Crippen LogP contribution is 2.44. The van der Waals surface area contributed by atoms with Gasteiger partial charge in [-0.05, 0) is 90.1 Å². The van der Waals surface area contributed by atoms with Gasteiger partial charge in [0.25, 0.3) is 0 Å². The molecule has 3 aromatic heterocycles. The van der Waals surface area contributed by atoms with Crippen molar-refractivity contribution in [3.05, 3.63) is 58.8 Å². The fraction of sp³-hybridized carbons (Fsp3) is 0.618. The molecule has 2 aliphatic carbocycles. The first-order valence-electron chi connectivity index (χ1n) is 16.9. The van der Waals surface area contributed by atoms with Gasteiger partial charge >= 0.3 is 5.92 Å². The SMILES string of the molecule is CCCCc1nc(C(F)(F)CCC)nn1Cc1ccc(-n2c(C3CCCCC3)cc(C3CCCCC3)c2-c2nnn[nH]2)cc1. The Hall–Kier alpha value is -3.43. The van der Waals surface area contributed by atoms with Gasteiger partial charge in [-0.3, -0.25) is 0 Å². The van der Waals surface area contributed by atoms with E-state index in [-0.39, 0.29) is 12.2 Å². The third-order valence-corrected chi connectivity index (χ3v) is 9.62. The molecule has 0 amide bonds. The zero-order chi connectivity index (χ0) is 30.5. The van der Waals surface area contributed by atoms with Crippen LogP contribution in [0.3, 0.4) is 0 Å². The van der Waals surface area contributed by atoms with Crippen LogP contribution >= 0.6 is 0 Å². The molecule has 236 valence electrons. The average molecular weight is 605 g/mol. The normalized spacial score (nSPS) is 17.0. The number of rotatable bonds is 12. The molecule has 0 saturated heterocycles. The molecule has 0 bridgehead atoms. The summed E-state index contributed by atoms with van der Waals surface area (Å²) in [6.07, 6.45) is 15.0. The highest BCUT2D eigenvalue weighted by molar-refractivity contribution is 5.63. The molecular weight excluding hydrogens is 558 g/mol. The smallest absolute Gasteiger partial charge is 0.308 e. The fourth-order valence-corrected chi connectivity index (χ4v) is 7.28. The van der Waals surface area contributed by atoms with Crippen molar-refractivity contribution < 1.29 is 8.78 Å². The van der Waals surface area contributed by atoms with Gasteiger partial charge in [0.1, 0.15) is 5.82 Å². The van der Waals surface area contributed by atoms with Gasteiger partial charge in [0.2, 0.25) is 5.82 Å². The van der Waals surface area contributed by atoms with E-state index in [1.807, 2.05) is 0 Å². The number of aromatic nitrogens is 8. The summed E-state index contributed by atoms with van der Waals surface area (Å²) in [5, 5.41) is 19.7. The molecule has 6 rings (SSSR count). The number of alkyl halides is 2. The van der Waals surface area contributed by atoms with Gasteiger partial charge in [-0.2, -0.15) is 8.78 Å². The monoisotopic (exact) mass is 604 g/mol. The number of H-pyrrole nitrogens is 1. The Bertz CT molecular complexity index is 1480. The minimum Gasteiger partial charge on any atom is -0.310 e. The lowest BCUT2D eigenvalue weighted by atomic mass is 9.82. The molecule has 44 heavy (non-hydrogen) atoms. The summed E-state index contributed by atoms with van der Waals surface area (Å²) in [6, 6.07) is 10.9. The van der Waals surface area contributed by atoms with Gasteiger partial charge in [0.05, 0.1) is 12.2 Å². The number of nitrogens with one attached hydrogen (secondary N) is 1. The third kappa shape index (κ3) is 6.49. The second-order valence-corrected chi connectivity index (χ2v) is 12.9. The largest absolute Gasteiger partial charge is 0.310 e. The predicted octanol–water partition coefficient (Wildman–Crippen LogP) is 8.63. The van der Waals surface area contributed by atoms with Gasteiger partial charge in [-0.25, -0.2) is 14.8 Å². The van der Waals surface area contributed by atoms with Crippen LogP contribution in [0.15, 0.2) is 30.3 Å². The molecular formula is C34H46F2N8. The standard InChI is InChI=1S/C34H46F2N8/c1-3-5-16-30-37-33(34(35,36)21-4-2)40-43(30)23-24-17-19-27(20-18-24)44-29(26-14-10-7-11-15-26)22-28(25-12-8-6-9-13-25)31(44)32-38-41-42-39-32/h17-20,22,25-26H,3-16,21,23H2,1-2H3,(H,38,39,41,42). The van der Waals surface area contributed by atoms with Crippen LogP contribution in [0, 0.1) is 0 Å². The first-order valence-corrected chi connectivity index (χ1v) is 16.9. The highest BCUT2D eigenvalue weighted by atomic mass is 19.3. The Morgan fingerprint density at radius 3 is 2.25 bits per heavy atom. The van der Waals surface area contributed by atoms with E-state index >= 15 is 0 Å². The number of unbranched alkanes of at least 4 members (excludes halogenated alkanes) is 1. The molecule has 4 aromatic rings. The van der Waals surface area contributed by atoms with E-state index < -0.39 is 5.92 Å². The minimum atomic E-state index is -3.02. The van der Waals surface area contributed by atoms with E-state index in [4.69, 9.17) is 0 Å². The fourth-order valence-electron chi connectivity index (χ4n) is 7.28. The zero-order valence-electron chi connectivity index (χ0n) is 26.2. The molecule has 2 saturated carbocycles. The molecule has 2 aliphatic rings. The number of hydrogen-bond acceptors (Lipinski definition) is 5. The summed E-state index contributed by atoms with van der Waals surface area (Å²) in [6.45, 7) is 4.26. The average Bonchev–Trinajstić information content (AvgIpc) is 3.81. The molecule has 0 radical (unpaired) electrons. The Morgan fingerprint density at radius 2 is 1.61 bits per heavy atom. The molecule has 10 heteroatoms. The van der Waals surface area contributed by atoms with E-state index in [9.17, 15) is 8.78 Å². The van der Waals surface area contributed by atoms with Crippen molar-refractivity contribution in [1.82, 2.24) is 40.0 Å². The molecule has 0 unspecified atom stereocenters. The summed E-state index contributed by atoms with van der Waals surface area (Å²) in [4.78, 5) is 4.33. The number of halogens is 2. The van der Waals surface area contributed by atoms with Crippen molar-refractivity contribution in [1.29, 1.82) is 0 Å². The van der Waals surface area contributed by atoms with Crippen molar-refractivity contribution in [3.63, 3.8) is 0 Å². The first-order chi connectivity index (χ1) is 21.5. The van der Waals surface area contributed by atoms with Gasteiger partial charge < -0.3 is 4.57 Å². The van der Waals surface area contributed by atoms with E-state index in [2.05, 4.69) is 72.5 Å². The van der Waals surface area contributed by atoms with Crippen LogP contribution in [0.4, 0.5) is 8.78 Å². The van der Waals surface area contributed by atoms with Crippen LogP contribution < -0.4 is 0 Å². The number of hydrogen-bond donors (Lipinski definition) is 1. The highest BCUT2D eigenvalue weighted by Gasteiger charge is 2.36. The Balaban J connectivity index is 1.37. The lowest BCUT2D eigenvalue weighted by Gasteiger charge is -2.24. The second kappa shape index (κ2) is 13.7. The Labute approximate surface area is 259 Å². The Kier molecular flexibility index (Phi) is 9.52. The maximum Gasteiger partial charge on any atom is 0.308 e. The van der Waals surface area contributed by atoms with Crippen molar-refractivity contribution >= 4 is 0 Å². The summed E-state index contributed by atoms with van der Waals surface area (Å²) in [5.74, 6) is -1.04. The number of nitrogens with zero attached hydrogens (tertiary/aromatic N) is 7. The van der Waals surface area contributed by atoms with Gasteiger partial charge in [-0.15, -0.1) is 10.2 Å². The lowest BCUT2D eigenvalue weighted by Crippen LogP contribution is -2.16. The zero-order valence-corrected chi connectivity index (χ0v) is 26.2.